The van der Waals surface area contributed by atoms with Gasteiger partial charge in [-0.25, -0.2) is 0 Å². The maximum absolute atomic E-state index is 13.7. The quantitative estimate of drug-likeness (QED) is 0.636. The summed E-state index contributed by atoms with van der Waals surface area (Å²) in [5.74, 6) is -1.07. The Bertz CT molecular complexity index is 1120. The molecule has 0 spiro atoms. The van der Waals surface area contributed by atoms with Crippen molar-refractivity contribution in [2.45, 2.75) is 19.0 Å². The topological polar surface area (TPSA) is 57.7 Å². The molecule has 5 nitrogen and oxygen atoms in total. The van der Waals surface area contributed by atoms with Crippen molar-refractivity contribution in [2.75, 3.05) is 6.54 Å². The molecule has 0 fully saturated rings. The Morgan fingerprint density at radius 1 is 0.733 bits per heavy atom. The normalized spacial score (nSPS) is 16.3. The molecule has 0 saturated carbocycles. The number of nitrogens with zero attached hydrogens (tertiary/aromatic N) is 2. The summed E-state index contributed by atoms with van der Waals surface area (Å²) in [5.41, 5.74) is 3.67. The fourth-order valence-electron chi connectivity index (χ4n) is 4.34. The van der Waals surface area contributed by atoms with Crippen LogP contribution in [0.4, 0.5) is 0 Å². The summed E-state index contributed by atoms with van der Waals surface area (Å²) in [5, 5.41) is 0. The number of imide groups is 1. The highest BCUT2D eigenvalue weighted by Gasteiger charge is 2.44. The minimum Gasteiger partial charge on any atom is -0.336 e. The molecule has 1 atom stereocenters. The lowest BCUT2D eigenvalue weighted by Gasteiger charge is -2.34. The van der Waals surface area contributed by atoms with Gasteiger partial charge in [-0.05, 0) is 35.2 Å². The summed E-state index contributed by atoms with van der Waals surface area (Å²) in [4.78, 5) is 42.9. The molecule has 0 radical (unpaired) electrons. The fourth-order valence-corrected chi connectivity index (χ4v) is 4.34. The van der Waals surface area contributed by atoms with Gasteiger partial charge < -0.3 is 4.90 Å². The van der Waals surface area contributed by atoms with Crippen LogP contribution in [0.1, 0.15) is 43.4 Å². The van der Waals surface area contributed by atoms with Crippen LogP contribution >= 0.6 is 0 Å². The number of hydrogen-bond donors (Lipinski definition) is 0. The van der Waals surface area contributed by atoms with Crippen molar-refractivity contribution in [3.05, 3.63) is 107 Å². The first-order valence-corrected chi connectivity index (χ1v) is 10.0. The van der Waals surface area contributed by atoms with Gasteiger partial charge in [0.15, 0.2) is 0 Å². The van der Waals surface area contributed by atoms with Crippen LogP contribution in [0.25, 0.3) is 0 Å². The van der Waals surface area contributed by atoms with E-state index in [-0.39, 0.29) is 5.91 Å². The van der Waals surface area contributed by atoms with Crippen molar-refractivity contribution >= 4 is 17.7 Å². The van der Waals surface area contributed by atoms with Gasteiger partial charge in [-0.1, -0.05) is 66.7 Å². The molecule has 3 aromatic carbocycles. The summed E-state index contributed by atoms with van der Waals surface area (Å²) in [7, 11) is 0. The molecule has 2 aliphatic heterocycles. The predicted molar refractivity (Wildman–Crippen MR) is 112 cm³/mol. The van der Waals surface area contributed by atoms with Crippen molar-refractivity contribution in [1.29, 1.82) is 0 Å². The van der Waals surface area contributed by atoms with Crippen molar-refractivity contribution in [3.63, 3.8) is 0 Å². The van der Waals surface area contributed by atoms with Gasteiger partial charge in [0, 0.05) is 13.1 Å². The third-order valence-electron chi connectivity index (χ3n) is 5.88. The van der Waals surface area contributed by atoms with E-state index in [1.807, 2.05) is 36.4 Å². The molecule has 148 valence electrons. The highest BCUT2D eigenvalue weighted by molar-refractivity contribution is 6.22. The van der Waals surface area contributed by atoms with Gasteiger partial charge in [-0.3, -0.25) is 19.3 Å². The van der Waals surface area contributed by atoms with Crippen LogP contribution in [0.2, 0.25) is 0 Å². The lowest BCUT2D eigenvalue weighted by Crippen LogP contribution is -2.46. The SMILES string of the molecule is O=C([C@@H](c1ccccc1)N1C(=O)c2ccccc2C1=O)N1CCc2ccccc2C1. The lowest BCUT2D eigenvalue weighted by molar-refractivity contribution is -0.136. The maximum Gasteiger partial charge on any atom is 0.262 e. The summed E-state index contributed by atoms with van der Waals surface area (Å²) < 4.78 is 0. The van der Waals surface area contributed by atoms with Crippen molar-refractivity contribution in [2.24, 2.45) is 0 Å². The number of benzene rings is 3. The van der Waals surface area contributed by atoms with Crippen LogP contribution in [-0.2, 0) is 17.8 Å². The monoisotopic (exact) mass is 396 g/mol. The molecule has 2 heterocycles. The van der Waals surface area contributed by atoms with Crippen molar-refractivity contribution < 1.29 is 14.4 Å². The van der Waals surface area contributed by atoms with Crippen LogP contribution in [0.15, 0.2) is 78.9 Å². The van der Waals surface area contributed by atoms with Gasteiger partial charge in [0.05, 0.1) is 11.1 Å². The first kappa shape index (κ1) is 18.3. The Morgan fingerprint density at radius 2 is 1.30 bits per heavy atom. The van der Waals surface area contributed by atoms with E-state index in [2.05, 4.69) is 6.07 Å². The van der Waals surface area contributed by atoms with E-state index in [0.29, 0.717) is 29.8 Å². The predicted octanol–water partition coefficient (Wildman–Crippen LogP) is 3.61. The van der Waals surface area contributed by atoms with Crippen molar-refractivity contribution in [1.82, 2.24) is 9.80 Å². The maximum atomic E-state index is 13.7. The molecule has 2 aliphatic rings. The number of fused-ring (bicyclic) bond motifs is 2. The minimum absolute atomic E-state index is 0.231. The number of carbonyl (C=O) groups excluding carboxylic acids is 3. The van der Waals surface area contributed by atoms with Gasteiger partial charge in [0.25, 0.3) is 17.7 Å². The van der Waals surface area contributed by atoms with Gasteiger partial charge in [-0.2, -0.15) is 0 Å². The number of amides is 3. The molecule has 0 bridgehead atoms. The zero-order chi connectivity index (χ0) is 20.7. The summed E-state index contributed by atoms with van der Waals surface area (Å²) in [6, 6.07) is 22.9. The molecule has 5 heteroatoms. The molecule has 0 aromatic heterocycles. The molecule has 0 saturated heterocycles. The van der Waals surface area contributed by atoms with Crippen LogP contribution in [0, 0.1) is 0 Å². The fraction of sp³-hybridized carbons (Fsp3) is 0.160. The smallest absolute Gasteiger partial charge is 0.262 e. The average Bonchev–Trinajstić information content (AvgIpc) is 3.05. The van der Waals surface area contributed by atoms with Gasteiger partial charge in [0.2, 0.25) is 0 Å². The molecule has 0 aliphatic carbocycles. The van der Waals surface area contributed by atoms with E-state index in [1.54, 1.807) is 41.3 Å². The summed E-state index contributed by atoms with van der Waals surface area (Å²) in [6.45, 7) is 1.03. The Labute approximate surface area is 174 Å². The zero-order valence-corrected chi connectivity index (χ0v) is 16.3. The van der Waals surface area contributed by atoms with E-state index in [4.69, 9.17) is 0 Å². The standard InChI is InChI=1S/C25H20N2O3/c28-23-20-12-6-7-13-21(20)24(29)27(23)22(18-9-2-1-3-10-18)25(30)26-15-14-17-8-4-5-11-19(17)16-26/h1-13,22H,14-16H2/t22-/m1/s1. The molecule has 0 N–H and O–H groups in total. The third-order valence-corrected chi connectivity index (χ3v) is 5.88. The average molecular weight is 396 g/mol. The Kier molecular flexibility index (Phi) is 4.43. The minimum atomic E-state index is -0.983. The summed E-state index contributed by atoms with van der Waals surface area (Å²) >= 11 is 0. The van der Waals surface area contributed by atoms with Gasteiger partial charge in [-0.15, -0.1) is 0 Å². The van der Waals surface area contributed by atoms with Crippen LogP contribution < -0.4 is 0 Å². The Morgan fingerprint density at radius 3 is 1.97 bits per heavy atom. The molecular formula is C25H20N2O3. The molecule has 30 heavy (non-hydrogen) atoms. The van der Waals surface area contributed by atoms with Gasteiger partial charge >= 0.3 is 0 Å². The van der Waals surface area contributed by atoms with E-state index in [0.717, 1.165) is 16.9 Å². The lowest BCUT2D eigenvalue weighted by atomic mass is 9.97. The number of rotatable bonds is 3. The van der Waals surface area contributed by atoms with E-state index in [9.17, 15) is 14.4 Å². The van der Waals surface area contributed by atoms with E-state index in [1.165, 1.54) is 5.56 Å². The second-order valence-electron chi connectivity index (χ2n) is 7.62. The van der Waals surface area contributed by atoms with Crippen LogP contribution in [0.3, 0.4) is 0 Å². The second kappa shape index (κ2) is 7.26. The number of carbonyl (C=O) groups is 3. The Balaban J connectivity index is 1.54. The van der Waals surface area contributed by atoms with Gasteiger partial charge in [0.1, 0.15) is 6.04 Å². The summed E-state index contributed by atoms with van der Waals surface area (Å²) in [6.07, 6.45) is 0.755. The first-order chi connectivity index (χ1) is 14.6. The largest absolute Gasteiger partial charge is 0.336 e. The highest BCUT2D eigenvalue weighted by atomic mass is 16.2. The van der Waals surface area contributed by atoms with Crippen LogP contribution in [0.5, 0.6) is 0 Å². The van der Waals surface area contributed by atoms with Crippen molar-refractivity contribution in [3.8, 4) is 0 Å². The Hall–Kier alpha value is -3.73. The van der Waals surface area contributed by atoms with E-state index >= 15 is 0 Å². The second-order valence-corrected chi connectivity index (χ2v) is 7.62. The molecule has 0 unspecified atom stereocenters. The van der Waals surface area contributed by atoms with E-state index < -0.39 is 17.9 Å². The highest BCUT2D eigenvalue weighted by Crippen LogP contribution is 2.34. The zero-order valence-electron chi connectivity index (χ0n) is 16.3. The molecule has 5 rings (SSSR count). The third kappa shape index (κ3) is 2.90. The molecular weight excluding hydrogens is 376 g/mol. The first-order valence-electron chi connectivity index (χ1n) is 10.0. The molecule has 3 aromatic rings. The molecule has 3 amide bonds. The van der Waals surface area contributed by atoms with Crippen LogP contribution in [-0.4, -0.2) is 34.1 Å². The number of hydrogen-bond acceptors (Lipinski definition) is 3.